The fraction of sp³-hybridized carbons (Fsp3) is 0.250. The molecule has 72 valence electrons. The Morgan fingerprint density at radius 2 is 1.92 bits per heavy atom. The van der Waals surface area contributed by atoms with Gasteiger partial charge >= 0.3 is 6.18 Å². The van der Waals surface area contributed by atoms with Gasteiger partial charge in [0.15, 0.2) is 0 Å². The van der Waals surface area contributed by atoms with Crippen LogP contribution in [0.5, 0.6) is 0 Å². The number of nitrogens with one attached hydrogen (secondary N) is 1. The monoisotopic (exact) mass is 190 g/mol. The smallest absolute Gasteiger partial charge is 0.397 e. The van der Waals surface area contributed by atoms with Crippen molar-refractivity contribution in [3.63, 3.8) is 0 Å². The fourth-order valence-electron chi connectivity index (χ4n) is 0.967. The van der Waals surface area contributed by atoms with Crippen LogP contribution < -0.4 is 11.1 Å². The lowest BCUT2D eigenvalue weighted by molar-refractivity contribution is -0.137. The maximum Gasteiger partial charge on any atom is 0.416 e. The minimum absolute atomic E-state index is 0.0947. The summed E-state index contributed by atoms with van der Waals surface area (Å²) >= 11 is 0. The second-order valence-corrected chi connectivity index (χ2v) is 2.55. The van der Waals surface area contributed by atoms with Crippen molar-refractivity contribution in [2.45, 2.75) is 6.18 Å². The van der Waals surface area contributed by atoms with Crippen LogP contribution in [0.2, 0.25) is 0 Å². The molecule has 1 aromatic rings. The highest BCUT2D eigenvalue weighted by atomic mass is 19.4. The van der Waals surface area contributed by atoms with Gasteiger partial charge in [-0.05, 0) is 18.2 Å². The van der Waals surface area contributed by atoms with Crippen molar-refractivity contribution in [1.82, 2.24) is 0 Å². The summed E-state index contributed by atoms with van der Waals surface area (Å²) in [5.41, 5.74) is 5.22. The quantitative estimate of drug-likeness (QED) is 0.667. The van der Waals surface area contributed by atoms with Gasteiger partial charge in [-0.1, -0.05) is 0 Å². The normalized spacial score (nSPS) is 11.4. The number of benzene rings is 1. The van der Waals surface area contributed by atoms with Gasteiger partial charge < -0.3 is 11.1 Å². The Morgan fingerprint density at radius 1 is 1.31 bits per heavy atom. The number of rotatable bonds is 1. The van der Waals surface area contributed by atoms with Crippen LogP contribution in [0.1, 0.15) is 5.56 Å². The van der Waals surface area contributed by atoms with E-state index in [-0.39, 0.29) is 5.69 Å². The van der Waals surface area contributed by atoms with Crippen LogP contribution in [-0.2, 0) is 6.18 Å². The van der Waals surface area contributed by atoms with Crippen LogP contribution >= 0.6 is 0 Å². The predicted molar refractivity (Wildman–Crippen MR) is 45.4 cm³/mol. The van der Waals surface area contributed by atoms with E-state index in [1.165, 1.54) is 6.07 Å². The number of nitrogen functional groups attached to an aromatic ring is 1. The molecule has 0 aromatic heterocycles. The van der Waals surface area contributed by atoms with E-state index in [4.69, 9.17) is 5.73 Å². The van der Waals surface area contributed by atoms with Crippen LogP contribution in [0.3, 0.4) is 0 Å². The lowest BCUT2D eigenvalue weighted by Crippen LogP contribution is -2.06. The van der Waals surface area contributed by atoms with Gasteiger partial charge in [0, 0.05) is 7.05 Å². The number of hydrogen-bond acceptors (Lipinski definition) is 2. The minimum Gasteiger partial charge on any atom is -0.397 e. The number of alkyl halides is 3. The molecule has 0 spiro atoms. The van der Waals surface area contributed by atoms with Gasteiger partial charge in [0.25, 0.3) is 0 Å². The molecule has 0 bridgehead atoms. The van der Waals surface area contributed by atoms with Gasteiger partial charge in [0.05, 0.1) is 16.9 Å². The van der Waals surface area contributed by atoms with Gasteiger partial charge in [-0.2, -0.15) is 13.2 Å². The molecular formula is C8H9F3N2. The summed E-state index contributed by atoms with van der Waals surface area (Å²) in [4.78, 5) is 0. The first-order valence-corrected chi connectivity index (χ1v) is 3.59. The molecule has 0 atom stereocenters. The zero-order valence-corrected chi connectivity index (χ0v) is 6.94. The number of anilines is 2. The van der Waals surface area contributed by atoms with Crippen molar-refractivity contribution in [3.05, 3.63) is 23.8 Å². The van der Waals surface area contributed by atoms with Crippen molar-refractivity contribution in [1.29, 1.82) is 0 Å². The van der Waals surface area contributed by atoms with Crippen molar-refractivity contribution in [3.8, 4) is 0 Å². The topological polar surface area (TPSA) is 38.0 Å². The van der Waals surface area contributed by atoms with Crippen molar-refractivity contribution < 1.29 is 13.2 Å². The van der Waals surface area contributed by atoms with Crippen molar-refractivity contribution >= 4 is 11.4 Å². The second kappa shape index (κ2) is 3.16. The van der Waals surface area contributed by atoms with E-state index < -0.39 is 11.7 Å². The van der Waals surface area contributed by atoms with Gasteiger partial charge in [0.1, 0.15) is 0 Å². The van der Waals surface area contributed by atoms with Crippen LogP contribution in [0.15, 0.2) is 18.2 Å². The summed E-state index contributed by atoms with van der Waals surface area (Å²) in [5.74, 6) is 0. The second-order valence-electron chi connectivity index (χ2n) is 2.55. The molecule has 5 heteroatoms. The molecular weight excluding hydrogens is 181 g/mol. The third-order valence-corrected chi connectivity index (χ3v) is 1.65. The largest absolute Gasteiger partial charge is 0.416 e. The maximum absolute atomic E-state index is 12.1. The van der Waals surface area contributed by atoms with E-state index >= 15 is 0 Å². The van der Waals surface area contributed by atoms with Crippen LogP contribution in [0, 0.1) is 0 Å². The van der Waals surface area contributed by atoms with Gasteiger partial charge in [0.2, 0.25) is 0 Å². The van der Waals surface area contributed by atoms with Crippen LogP contribution in [0.4, 0.5) is 24.5 Å². The third kappa shape index (κ3) is 2.05. The number of halogens is 3. The summed E-state index contributed by atoms with van der Waals surface area (Å²) in [6.45, 7) is 0. The first-order valence-electron chi connectivity index (χ1n) is 3.59. The summed E-state index contributed by atoms with van der Waals surface area (Å²) in [6.07, 6.45) is -4.33. The SMILES string of the molecule is CNc1ccc(C(F)(F)F)cc1N. The summed E-state index contributed by atoms with van der Waals surface area (Å²) < 4.78 is 36.4. The predicted octanol–water partition coefficient (Wildman–Crippen LogP) is 2.33. The summed E-state index contributed by atoms with van der Waals surface area (Å²) in [5, 5.41) is 2.68. The Balaban J connectivity index is 3.10. The molecule has 0 saturated carbocycles. The average molecular weight is 190 g/mol. The van der Waals surface area contributed by atoms with Crippen molar-refractivity contribution in [2.24, 2.45) is 0 Å². The van der Waals surface area contributed by atoms with Gasteiger partial charge in [-0.25, -0.2) is 0 Å². The number of nitrogens with two attached hydrogens (primary N) is 1. The van der Waals surface area contributed by atoms with E-state index in [1.807, 2.05) is 0 Å². The molecule has 0 amide bonds. The molecule has 13 heavy (non-hydrogen) atoms. The summed E-state index contributed by atoms with van der Waals surface area (Å²) in [7, 11) is 1.60. The zero-order chi connectivity index (χ0) is 10.1. The Hall–Kier alpha value is -1.39. The molecule has 0 saturated heterocycles. The number of hydrogen-bond donors (Lipinski definition) is 2. The Morgan fingerprint density at radius 3 is 2.31 bits per heavy atom. The van der Waals surface area contributed by atoms with Gasteiger partial charge in [-0.3, -0.25) is 0 Å². The van der Waals surface area contributed by atoms with Crippen molar-refractivity contribution in [2.75, 3.05) is 18.1 Å². The maximum atomic E-state index is 12.1. The fourth-order valence-corrected chi connectivity index (χ4v) is 0.967. The Kier molecular flexibility index (Phi) is 2.36. The first-order chi connectivity index (χ1) is 5.95. The zero-order valence-electron chi connectivity index (χ0n) is 6.94. The summed E-state index contributed by atoms with van der Waals surface area (Å²) in [6, 6.07) is 3.20. The molecule has 1 aromatic carbocycles. The molecule has 0 unspecified atom stereocenters. The van der Waals surface area contributed by atoms with E-state index in [0.717, 1.165) is 12.1 Å². The molecule has 1 rings (SSSR count). The Bertz CT molecular complexity index is 307. The highest BCUT2D eigenvalue weighted by molar-refractivity contribution is 5.66. The lowest BCUT2D eigenvalue weighted by Gasteiger charge is -2.09. The molecule has 2 nitrogen and oxygen atoms in total. The molecule has 0 heterocycles. The van der Waals surface area contributed by atoms with Crippen LogP contribution in [-0.4, -0.2) is 7.05 Å². The third-order valence-electron chi connectivity index (χ3n) is 1.65. The van der Waals surface area contributed by atoms with Crippen LogP contribution in [0.25, 0.3) is 0 Å². The van der Waals surface area contributed by atoms with E-state index in [9.17, 15) is 13.2 Å². The molecule has 0 aliphatic carbocycles. The molecule has 0 fully saturated rings. The first kappa shape index (κ1) is 9.70. The van der Waals surface area contributed by atoms with E-state index in [2.05, 4.69) is 5.32 Å². The highest BCUT2D eigenvalue weighted by Crippen LogP contribution is 2.32. The Labute approximate surface area is 73.5 Å². The van der Waals surface area contributed by atoms with E-state index in [0.29, 0.717) is 5.69 Å². The molecule has 0 aliphatic heterocycles. The lowest BCUT2D eigenvalue weighted by atomic mass is 10.1. The minimum atomic E-state index is -4.33. The highest BCUT2D eigenvalue weighted by Gasteiger charge is 2.30. The molecule has 0 radical (unpaired) electrons. The standard InChI is InChI=1S/C8H9F3N2/c1-13-7-3-2-5(4-6(7)12)8(9,10)11/h2-4,13H,12H2,1H3. The molecule has 0 aliphatic rings. The average Bonchev–Trinajstić information content (AvgIpc) is 2.02. The molecule has 3 N–H and O–H groups in total. The van der Waals surface area contributed by atoms with E-state index in [1.54, 1.807) is 7.05 Å². The van der Waals surface area contributed by atoms with Gasteiger partial charge in [-0.15, -0.1) is 0 Å².